The molecule has 0 aromatic carbocycles. The van der Waals surface area contributed by atoms with E-state index in [4.69, 9.17) is 5.73 Å². The average Bonchev–Trinajstić information content (AvgIpc) is 2.16. The predicted octanol–water partition coefficient (Wildman–Crippen LogP) is 3.41. The number of hydrogen-bond acceptors (Lipinski definition) is 2. The highest BCUT2D eigenvalue weighted by Gasteiger charge is 2.15. The highest BCUT2D eigenvalue weighted by atomic mass is 15.1. The van der Waals surface area contributed by atoms with Crippen LogP contribution in [0.1, 0.15) is 66.2 Å². The first-order valence-electron chi connectivity index (χ1n) is 7.01. The van der Waals surface area contributed by atoms with Crippen molar-refractivity contribution < 1.29 is 0 Å². The molecule has 0 unspecified atom stereocenters. The van der Waals surface area contributed by atoms with Gasteiger partial charge in [-0.05, 0) is 39.8 Å². The maximum Gasteiger partial charge on any atom is 0.0226 e. The van der Waals surface area contributed by atoms with E-state index in [0.717, 1.165) is 6.54 Å². The average molecular weight is 228 g/mol. The zero-order valence-electron chi connectivity index (χ0n) is 11.9. The molecule has 2 N–H and O–H groups in total. The molecule has 0 aliphatic heterocycles. The summed E-state index contributed by atoms with van der Waals surface area (Å²) < 4.78 is 0. The second-order valence-electron chi connectivity index (χ2n) is 5.68. The van der Waals surface area contributed by atoms with E-state index in [1.807, 2.05) is 0 Å². The van der Waals surface area contributed by atoms with Gasteiger partial charge in [-0.15, -0.1) is 0 Å². The Balaban J connectivity index is 3.85. The molecule has 2 heteroatoms. The van der Waals surface area contributed by atoms with Crippen LogP contribution in [0.5, 0.6) is 0 Å². The third-order valence-corrected chi connectivity index (χ3v) is 2.79. The molecule has 0 atom stereocenters. The van der Waals surface area contributed by atoms with Crippen LogP contribution in [-0.2, 0) is 0 Å². The van der Waals surface area contributed by atoms with Crippen molar-refractivity contribution in [3.63, 3.8) is 0 Å². The fraction of sp³-hybridized carbons (Fsp3) is 1.00. The maximum absolute atomic E-state index is 6.10. The number of nitrogens with two attached hydrogens (primary N) is 1. The minimum Gasteiger partial charge on any atom is -0.324 e. The number of hydrogen-bond donors (Lipinski definition) is 1. The highest BCUT2D eigenvalue weighted by molar-refractivity contribution is 4.77. The van der Waals surface area contributed by atoms with E-state index in [0.29, 0.717) is 0 Å². The molecule has 0 fully saturated rings. The largest absolute Gasteiger partial charge is 0.324 e. The molecule has 2 nitrogen and oxygen atoms in total. The molecule has 0 aliphatic rings. The summed E-state index contributed by atoms with van der Waals surface area (Å²) in [6.07, 6.45) is 7.92. The van der Waals surface area contributed by atoms with Gasteiger partial charge in [0, 0.05) is 12.1 Å². The summed E-state index contributed by atoms with van der Waals surface area (Å²) >= 11 is 0. The van der Waals surface area contributed by atoms with Gasteiger partial charge in [0.1, 0.15) is 0 Å². The first-order valence-corrected chi connectivity index (χ1v) is 7.01. The summed E-state index contributed by atoms with van der Waals surface area (Å²) in [5.74, 6) is 0. The Hall–Kier alpha value is -0.0800. The van der Waals surface area contributed by atoms with Crippen LogP contribution in [0.15, 0.2) is 0 Å². The van der Waals surface area contributed by atoms with Gasteiger partial charge in [0.15, 0.2) is 0 Å². The SMILES string of the molecule is CCCCCN(CCCCC)CC(C)(C)N. The van der Waals surface area contributed by atoms with E-state index in [1.165, 1.54) is 51.6 Å². The lowest BCUT2D eigenvalue weighted by Crippen LogP contribution is -2.46. The van der Waals surface area contributed by atoms with E-state index in [1.54, 1.807) is 0 Å². The summed E-state index contributed by atoms with van der Waals surface area (Å²) in [6.45, 7) is 12.2. The van der Waals surface area contributed by atoms with Gasteiger partial charge >= 0.3 is 0 Å². The highest BCUT2D eigenvalue weighted by Crippen LogP contribution is 2.07. The molecule has 16 heavy (non-hydrogen) atoms. The second-order valence-corrected chi connectivity index (χ2v) is 5.68. The molecule has 0 bridgehead atoms. The minimum atomic E-state index is -0.0571. The van der Waals surface area contributed by atoms with Crippen LogP contribution in [0.4, 0.5) is 0 Å². The third-order valence-electron chi connectivity index (χ3n) is 2.79. The zero-order valence-corrected chi connectivity index (χ0v) is 11.9. The number of rotatable bonds is 10. The van der Waals surface area contributed by atoms with E-state index in [-0.39, 0.29) is 5.54 Å². The Bertz CT molecular complexity index is 139. The van der Waals surface area contributed by atoms with Gasteiger partial charge in [-0.25, -0.2) is 0 Å². The van der Waals surface area contributed by atoms with Crippen LogP contribution in [0.3, 0.4) is 0 Å². The molecule has 0 rings (SSSR count). The van der Waals surface area contributed by atoms with Crippen molar-refractivity contribution >= 4 is 0 Å². The van der Waals surface area contributed by atoms with E-state index in [2.05, 4.69) is 32.6 Å². The first-order chi connectivity index (χ1) is 7.49. The topological polar surface area (TPSA) is 29.3 Å². The number of nitrogens with zero attached hydrogens (tertiary/aromatic N) is 1. The fourth-order valence-electron chi connectivity index (χ4n) is 2.02. The maximum atomic E-state index is 6.10. The molecule has 0 heterocycles. The molecule has 0 amide bonds. The fourth-order valence-corrected chi connectivity index (χ4v) is 2.02. The van der Waals surface area contributed by atoms with Gasteiger partial charge in [-0.2, -0.15) is 0 Å². The smallest absolute Gasteiger partial charge is 0.0226 e. The van der Waals surface area contributed by atoms with Crippen LogP contribution in [-0.4, -0.2) is 30.1 Å². The molecule has 98 valence electrons. The molecule has 0 aliphatic carbocycles. The normalized spacial score (nSPS) is 12.4. The molecule has 0 spiro atoms. The lowest BCUT2D eigenvalue weighted by atomic mass is 10.1. The molecule has 0 saturated carbocycles. The summed E-state index contributed by atoms with van der Waals surface area (Å²) in [4.78, 5) is 2.55. The predicted molar refractivity (Wildman–Crippen MR) is 73.8 cm³/mol. The van der Waals surface area contributed by atoms with E-state index >= 15 is 0 Å². The second kappa shape index (κ2) is 9.00. The van der Waals surface area contributed by atoms with Crippen molar-refractivity contribution in [2.45, 2.75) is 71.8 Å². The van der Waals surface area contributed by atoms with Crippen molar-refractivity contribution in [1.82, 2.24) is 4.90 Å². The Morgan fingerprint density at radius 3 is 1.62 bits per heavy atom. The molecule has 0 aromatic rings. The first kappa shape index (κ1) is 15.9. The molecule has 0 radical (unpaired) electrons. The standard InChI is InChI=1S/C14H32N2/c1-5-7-9-11-16(12-10-8-6-2)13-14(3,4)15/h5-13,15H2,1-4H3. The Morgan fingerprint density at radius 2 is 1.31 bits per heavy atom. The van der Waals surface area contributed by atoms with Crippen LogP contribution in [0.25, 0.3) is 0 Å². The Kier molecular flexibility index (Phi) is 8.96. The van der Waals surface area contributed by atoms with Crippen LogP contribution < -0.4 is 5.73 Å². The van der Waals surface area contributed by atoms with Crippen molar-refractivity contribution in [2.24, 2.45) is 5.73 Å². The van der Waals surface area contributed by atoms with Gasteiger partial charge in [0.2, 0.25) is 0 Å². The van der Waals surface area contributed by atoms with E-state index < -0.39 is 0 Å². The minimum absolute atomic E-state index is 0.0571. The Labute approximate surface area is 103 Å². The van der Waals surface area contributed by atoms with Gasteiger partial charge in [-0.3, -0.25) is 0 Å². The van der Waals surface area contributed by atoms with E-state index in [9.17, 15) is 0 Å². The monoisotopic (exact) mass is 228 g/mol. The lowest BCUT2D eigenvalue weighted by Gasteiger charge is -2.30. The summed E-state index contributed by atoms with van der Waals surface area (Å²) in [7, 11) is 0. The molecule has 0 aromatic heterocycles. The number of unbranched alkanes of at least 4 members (excludes halogenated alkanes) is 4. The van der Waals surface area contributed by atoms with Gasteiger partial charge in [0.25, 0.3) is 0 Å². The lowest BCUT2D eigenvalue weighted by molar-refractivity contribution is 0.217. The van der Waals surface area contributed by atoms with Crippen molar-refractivity contribution in [1.29, 1.82) is 0 Å². The van der Waals surface area contributed by atoms with Crippen molar-refractivity contribution in [3.05, 3.63) is 0 Å². The van der Waals surface area contributed by atoms with Crippen LogP contribution in [0, 0.1) is 0 Å². The molecular weight excluding hydrogens is 196 g/mol. The summed E-state index contributed by atoms with van der Waals surface area (Å²) in [6, 6.07) is 0. The van der Waals surface area contributed by atoms with Gasteiger partial charge < -0.3 is 10.6 Å². The third kappa shape index (κ3) is 10.4. The van der Waals surface area contributed by atoms with Gasteiger partial charge in [-0.1, -0.05) is 39.5 Å². The zero-order chi connectivity index (χ0) is 12.4. The van der Waals surface area contributed by atoms with Gasteiger partial charge in [0.05, 0.1) is 0 Å². The quantitative estimate of drug-likeness (QED) is 0.581. The van der Waals surface area contributed by atoms with Crippen LogP contribution in [0.2, 0.25) is 0 Å². The van der Waals surface area contributed by atoms with Crippen molar-refractivity contribution in [3.8, 4) is 0 Å². The Morgan fingerprint density at radius 1 is 0.875 bits per heavy atom. The molecular formula is C14H32N2. The van der Waals surface area contributed by atoms with Crippen LogP contribution >= 0.6 is 0 Å². The molecule has 0 saturated heterocycles. The summed E-state index contributed by atoms with van der Waals surface area (Å²) in [5.41, 5.74) is 6.05. The summed E-state index contributed by atoms with van der Waals surface area (Å²) in [5, 5.41) is 0. The van der Waals surface area contributed by atoms with Crippen molar-refractivity contribution in [2.75, 3.05) is 19.6 Å².